The maximum absolute atomic E-state index is 10.7. The van der Waals surface area contributed by atoms with E-state index in [-0.39, 0.29) is 11.3 Å². The molecule has 0 aliphatic heterocycles. The molecule has 0 spiro atoms. The maximum Gasteiger partial charge on any atom is 0.404 e. The largest absolute Gasteiger partial charge is 0.465 e. The smallest absolute Gasteiger partial charge is 0.404 e. The number of carboxylic acid groups (broad SMARTS) is 1. The molecule has 0 saturated heterocycles. The first-order chi connectivity index (χ1) is 8.73. The van der Waals surface area contributed by atoms with Gasteiger partial charge >= 0.3 is 6.09 Å². The van der Waals surface area contributed by atoms with E-state index in [0.717, 1.165) is 5.56 Å². The highest BCUT2D eigenvalue weighted by Gasteiger charge is 2.35. The van der Waals surface area contributed by atoms with E-state index < -0.39 is 18.2 Å². The summed E-state index contributed by atoms with van der Waals surface area (Å²) >= 11 is 0. The van der Waals surface area contributed by atoms with Crippen LogP contribution >= 0.6 is 0 Å². The number of hydrogen-bond donors (Lipinski definition) is 3. The molecule has 106 valence electrons. The van der Waals surface area contributed by atoms with Gasteiger partial charge in [-0.1, -0.05) is 51.1 Å². The summed E-state index contributed by atoms with van der Waals surface area (Å²) in [6.07, 6.45) is -1.90. The third-order valence-electron chi connectivity index (χ3n) is 3.30. The number of aliphatic hydroxyl groups excluding tert-OH is 1. The van der Waals surface area contributed by atoms with E-state index >= 15 is 0 Å². The van der Waals surface area contributed by atoms with Crippen LogP contribution in [0.15, 0.2) is 30.3 Å². The summed E-state index contributed by atoms with van der Waals surface area (Å²) in [5.41, 5.74) is 0.844. The minimum Gasteiger partial charge on any atom is -0.465 e. The number of rotatable bonds is 4. The molecule has 3 atom stereocenters. The van der Waals surface area contributed by atoms with Crippen LogP contribution in [0.2, 0.25) is 0 Å². The lowest BCUT2D eigenvalue weighted by Crippen LogP contribution is -2.46. The van der Waals surface area contributed by atoms with Gasteiger partial charge in [-0.05, 0) is 17.9 Å². The van der Waals surface area contributed by atoms with Crippen molar-refractivity contribution in [3.8, 4) is 0 Å². The molecule has 0 saturated carbocycles. The number of amides is 1. The Hall–Kier alpha value is -1.55. The first kappa shape index (κ1) is 15.5. The van der Waals surface area contributed by atoms with Crippen LogP contribution in [0.3, 0.4) is 0 Å². The quantitative estimate of drug-likeness (QED) is 0.784. The van der Waals surface area contributed by atoms with Crippen LogP contribution in [-0.2, 0) is 0 Å². The van der Waals surface area contributed by atoms with Crippen LogP contribution in [0, 0.1) is 5.41 Å². The fourth-order valence-electron chi connectivity index (χ4n) is 2.44. The highest BCUT2D eigenvalue weighted by molar-refractivity contribution is 5.64. The van der Waals surface area contributed by atoms with E-state index in [1.54, 1.807) is 6.92 Å². The number of aliphatic hydroxyl groups is 1. The third-order valence-corrected chi connectivity index (χ3v) is 3.30. The van der Waals surface area contributed by atoms with Crippen molar-refractivity contribution in [1.29, 1.82) is 0 Å². The van der Waals surface area contributed by atoms with E-state index in [4.69, 9.17) is 5.11 Å². The van der Waals surface area contributed by atoms with Crippen molar-refractivity contribution in [2.45, 2.75) is 45.8 Å². The second kappa shape index (κ2) is 6.06. The van der Waals surface area contributed by atoms with Crippen molar-refractivity contribution in [1.82, 2.24) is 5.32 Å². The molecular formula is C15H23NO3. The van der Waals surface area contributed by atoms with Gasteiger partial charge in [-0.15, -0.1) is 0 Å². The number of hydrogen-bond acceptors (Lipinski definition) is 2. The Bertz CT molecular complexity index is 411. The monoisotopic (exact) mass is 265 g/mol. The Labute approximate surface area is 114 Å². The standard InChI is InChI=1S/C15H23NO3/c1-10(16-14(18)19)13(17)12(15(2,3)4)11-8-6-5-7-9-11/h5-10,12-13,16-17H,1-4H3,(H,18,19)/t10-,12?,13+/m0/s1. The topological polar surface area (TPSA) is 69.6 Å². The van der Waals surface area contributed by atoms with Crippen LogP contribution in [0.5, 0.6) is 0 Å². The van der Waals surface area contributed by atoms with Crippen LogP contribution in [0.1, 0.15) is 39.2 Å². The maximum atomic E-state index is 10.7. The molecule has 0 bridgehead atoms. The molecule has 3 N–H and O–H groups in total. The predicted molar refractivity (Wildman–Crippen MR) is 75.3 cm³/mol. The molecule has 4 heteroatoms. The van der Waals surface area contributed by atoms with Crippen molar-refractivity contribution < 1.29 is 15.0 Å². The molecule has 4 nitrogen and oxygen atoms in total. The SMILES string of the molecule is C[C@H](NC(=O)O)[C@@H](O)C(c1ccccc1)C(C)(C)C. The minimum absolute atomic E-state index is 0.143. The normalized spacial score (nSPS) is 16.5. The highest BCUT2D eigenvalue weighted by Crippen LogP contribution is 2.38. The summed E-state index contributed by atoms with van der Waals surface area (Å²) in [6, 6.07) is 9.18. The lowest BCUT2D eigenvalue weighted by atomic mass is 9.72. The van der Waals surface area contributed by atoms with Crippen LogP contribution in [0.4, 0.5) is 4.79 Å². The summed E-state index contributed by atoms with van der Waals surface area (Å²) in [4.78, 5) is 10.7. The summed E-state index contributed by atoms with van der Waals surface area (Å²) in [7, 11) is 0. The summed E-state index contributed by atoms with van der Waals surface area (Å²) in [5, 5.41) is 21.6. The zero-order chi connectivity index (χ0) is 14.6. The molecule has 0 aliphatic rings. The Morgan fingerprint density at radius 1 is 1.21 bits per heavy atom. The summed E-state index contributed by atoms with van der Waals surface area (Å²) in [5.74, 6) is -0.143. The van der Waals surface area contributed by atoms with Gasteiger partial charge in [-0.25, -0.2) is 4.79 Å². The van der Waals surface area contributed by atoms with Gasteiger partial charge in [-0.3, -0.25) is 0 Å². The zero-order valence-electron chi connectivity index (χ0n) is 11.9. The lowest BCUT2D eigenvalue weighted by Gasteiger charge is -2.37. The first-order valence-corrected chi connectivity index (χ1v) is 6.46. The van der Waals surface area contributed by atoms with Gasteiger partial charge in [0.05, 0.1) is 12.1 Å². The molecule has 0 aromatic heterocycles. The average molecular weight is 265 g/mol. The van der Waals surface area contributed by atoms with Gasteiger partial charge < -0.3 is 15.5 Å². The van der Waals surface area contributed by atoms with Crippen molar-refractivity contribution >= 4 is 6.09 Å². The molecule has 1 aromatic carbocycles. The van der Waals surface area contributed by atoms with E-state index in [2.05, 4.69) is 5.32 Å². The van der Waals surface area contributed by atoms with Crippen molar-refractivity contribution in [2.24, 2.45) is 5.41 Å². The zero-order valence-corrected chi connectivity index (χ0v) is 11.9. The van der Waals surface area contributed by atoms with E-state index in [0.29, 0.717) is 0 Å². The molecule has 19 heavy (non-hydrogen) atoms. The van der Waals surface area contributed by atoms with E-state index in [1.165, 1.54) is 0 Å². The Balaban J connectivity index is 3.02. The first-order valence-electron chi connectivity index (χ1n) is 6.46. The van der Waals surface area contributed by atoms with E-state index in [1.807, 2.05) is 51.1 Å². The lowest BCUT2D eigenvalue weighted by molar-refractivity contribution is 0.0603. The van der Waals surface area contributed by atoms with Gasteiger partial charge in [-0.2, -0.15) is 0 Å². The van der Waals surface area contributed by atoms with Crippen LogP contribution in [-0.4, -0.2) is 28.5 Å². The molecule has 1 rings (SSSR count). The molecule has 1 unspecified atom stereocenters. The second-order valence-electron chi connectivity index (χ2n) is 5.98. The molecule has 0 radical (unpaired) electrons. The second-order valence-corrected chi connectivity index (χ2v) is 5.98. The molecule has 1 aromatic rings. The van der Waals surface area contributed by atoms with Gasteiger partial charge in [0.15, 0.2) is 0 Å². The number of carbonyl (C=O) groups is 1. The van der Waals surface area contributed by atoms with Gasteiger partial charge in [0.2, 0.25) is 0 Å². The van der Waals surface area contributed by atoms with E-state index in [9.17, 15) is 9.90 Å². The molecule has 1 amide bonds. The fraction of sp³-hybridized carbons (Fsp3) is 0.533. The Morgan fingerprint density at radius 3 is 2.16 bits per heavy atom. The molecular weight excluding hydrogens is 242 g/mol. The third kappa shape index (κ3) is 4.24. The Kier molecular flexibility index (Phi) is 4.95. The van der Waals surface area contributed by atoms with Crippen LogP contribution in [0.25, 0.3) is 0 Å². The molecule has 0 heterocycles. The number of nitrogens with one attached hydrogen (secondary N) is 1. The molecule has 0 aliphatic carbocycles. The van der Waals surface area contributed by atoms with Gasteiger partial charge in [0.1, 0.15) is 0 Å². The fourth-order valence-corrected chi connectivity index (χ4v) is 2.44. The summed E-state index contributed by atoms with van der Waals surface area (Å²) in [6.45, 7) is 7.81. The molecule has 0 fully saturated rings. The van der Waals surface area contributed by atoms with Gasteiger partial charge in [0, 0.05) is 5.92 Å². The Morgan fingerprint density at radius 2 is 1.74 bits per heavy atom. The highest BCUT2D eigenvalue weighted by atomic mass is 16.4. The average Bonchev–Trinajstić information content (AvgIpc) is 2.27. The predicted octanol–water partition coefficient (Wildman–Crippen LogP) is 2.83. The van der Waals surface area contributed by atoms with Crippen LogP contribution < -0.4 is 5.32 Å². The number of benzene rings is 1. The van der Waals surface area contributed by atoms with Crippen molar-refractivity contribution in [2.75, 3.05) is 0 Å². The minimum atomic E-state index is -1.12. The van der Waals surface area contributed by atoms with Crippen molar-refractivity contribution in [3.63, 3.8) is 0 Å². The van der Waals surface area contributed by atoms with Crippen molar-refractivity contribution in [3.05, 3.63) is 35.9 Å². The van der Waals surface area contributed by atoms with Gasteiger partial charge in [0.25, 0.3) is 0 Å². The summed E-state index contributed by atoms with van der Waals surface area (Å²) < 4.78 is 0.